The summed E-state index contributed by atoms with van der Waals surface area (Å²) in [5.74, 6) is 1.10. The average Bonchev–Trinajstić information content (AvgIpc) is 2.89. The molecule has 2 aromatic rings. The highest BCUT2D eigenvalue weighted by Gasteiger charge is 2.37. The van der Waals surface area contributed by atoms with E-state index in [0.29, 0.717) is 12.1 Å². The molecule has 5 heterocycles. The zero-order valence-electron chi connectivity index (χ0n) is 20.2. The normalized spacial score (nSPS) is 25.6. The van der Waals surface area contributed by atoms with Crippen molar-refractivity contribution < 1.29 is 5.11 Å². The molecule has 6 rings (SSSR count). The molecular formula is C26H37N7O. The Hall–Kier alpha value is -2.42. The van der Waals surface area contributed by atoms with Gasteiger partial charge in [-0.3, -0.25) is 4.90 Å². The number of aromatic hydroxyl groups is 1. The van der Waals surface area contributed by atoms with Crippen molar-refractivity contribution >= 4 is 11.5 Å². The quantitative estimate of drug-likeness (QED) is 0.719. The van der Waals surface area contributed by atoms with Crippen LogP contribution in [0.25, 0.3) is 11.3 Å². The van der Waals surface area contributed by atoms with Gasteiger partial charge in [0.1, 0.15) is 5.75 Å². The smallest absolute Gasteiger partial charge is 0.172 e. The molecule has 2 N–H and O–H groups in total. The second-order valence-electron chi connectivity index (χ2n) is 10.5. The standard InChI is InChI=1S/C26H37N7O/c1-30-10-6-19(7-11-30)31-12-8-20(9-13-31)32-14-15-33-21(18-32)17-27-26-24(33)16-23(28-29-26)22-4-2-3-5-25(22)34/h2-5,16,19-21,34H,6-15,17-18H2,1H3,(H,27,29)/t21-/m0/s1. The first-order valence-electron chi connectivity index (χ1n) is 13.0. The number of hydrogen-bond donors (Lipinski definition) is 2. The van der Waals surface area contributed by atoms with Gasteiger partial charge in [0.05, 0.1) is 17.4 Å². The van der Waals surface area contributed by atoms with Crippen LogP contribution in [0.5, 0.6) is 5.75 Å². The first-order chi connectivity index (χ1) is 16.7. The Labute approximate surface area is 202 Å². The molecule has 1 aromatic heterocycles. The molecule has 1 atom stereocenters. The van der Waals surface area contributed by atoms with Gasteiger partial charge in [-0.15, -0.1) is 10.2 Å². The number of fused-ring (bicyclic) bond motifs is 3. The number of nitrogens with one attached hydrogen (secondary N) is 1. The Morgan fingerprint density at radius 3 is 2.38 bits per heavy atom. The van der Waals surface area contributed by atoms with Crippen molar-refractivity contribution in [2.75, 3.05) is 69.6 Å². The predicted octanol–water partition coefficient (Wildman–Crippen LogP) is 2.32. The van der Waals surface area contributed by atoms with Crippen molar-refractivity contribution in [2.45, 2.75) is 43.8 Å². The number of aromatic nitrogens is 2. The number of rotatable bonds is 3. The summed E-state index contributed by atoms with van der Waals surface area (Å²) in [6.07, 6.45) is 5.26. The van der Waals surface area contributed by atoms with Gasteiger partial charge in [-0.05, 0) is 77.1 Å². The Morgan fingerprint density at radius 2 is 1.59 bits per heavy atom. The molecule has 0 aliphatic carbocycles. The largest absolute Gasteiger partial charge is 0.507 e. The second-order valence-corrected chi connectivity index (χ2v) is 10.5. The van der Waals surface area contributed by atoms with E-state index in [2.05, 4.69) is 48.2 Å². The molecule has 3 fully saturated rings. The minimum Gasteiger partial charge on any atom is -0.507 e. The monoisotopic (exact) mass is 463 g/mol. The van der Waals surface area contributed by atoms with E-state index in [4.69, 9.17) is 0 Å². The van der Waals surface area contributed by atoms with Crippen LogP contribution in [0.1, 0.15) is 25.7 Å². The Bertz CT molecular complexity index is 1000. The van der Waals surface area contributed by atoms with E-state index >= 15 is 0 Å². The van der Waals surface area contributed by atoms with Crippen LogP contribution in [0, 0.1) is 0 Å². The maximum Gasteiger partial charge on any atom is 0.172 e. The molecule has 4 aliphatic heterocycles. The van der Waals surface area contributed by atoms with Crippen LogP contribution in [0.15, 0.2) is 30.3 Å². The fourth-order valence-corrected chi connectivity index (χ4v) is 6.44. The molecule has 8 nitrogen and oxygen atoms in total. The fourth-order valence-electron chi connectivity index (χ4n) is 6.44. The minimum atomic E-state index is 0.244. The van der Waals surface area contributed by atoms with E-state index in [9.17, 15) is 5.11 Å². The van der Waals surface area contributed by atoms with Gasteiger partial charge < -0.3 is 25.1 Å². The third-order valence-electron chi connectivity index (χ3n) is 8.50. The van der Waals surface area contributed by atoms with Crippen LogP contribution in [0.4, 0.5) is 11.5 Å². The number of hydrogen-bond acceptors (Lipinski definition) is 8. The van der Waals surface area contributed by atoms with Crippen molar-refractivity contribution in [1.82, 2.24) is 24.9 Å². The molecule has 0 amide bonds. The molecule has 1 aromatic carbocycles. The lowest BCUT2D eigenvalue weighted by molar-refractivity contribution is 0.0523. The molecular weight excluding hydrogens is 426 g/mol. The minimum absolute atomic E-state index is 0.244. The number of benzene rings is 1. The summed E-state index contributed by atoms with van der Waals surface area (Å²) in [5, 5.41) is 22.6. The van der Waals surface area contributed by atoms with Crippen molar-refractivity contribution in [3.63, 3.8) is 0 Å². The highest BCUT2D eigenvalue weighted by molar-refractivity contribution is 5.76. The summed E-state index contributed by atoms with van der Waals surface area (Å²) in [4.78, 5) is 10.5. The molecule has 0 radical (unpaired) electrons. The number of phenolic OH excluding ortho intramolecular Hbond substituents is 1. The van der Waals surface area contributed by atoms with Gasteiger partial charge in [-0.25, -0.2) is 0 Å². The number of phenols is 1. The Kier molecular flexibility index (Phi) is 6.05. The third-order valence-corrected chi connectivity index (χ3v) is 8.50. The molecule has 0 spiro atoms. The summed E-state index contributed by atoms with van der Waals surface area (Å²) in [7, 11) is 2.25. The van der Waals surface area contributed by atoms with Crippen molar-refractivity contribution in [2.24, 2.45) is 0 Å². The maximum absolute atomic E-state index is 10.3. The van der Waals surface area contributed by atoms with E-state index in [1.54, 1.807) is 6.07 Å². The van der Waals surface area contributed by atoms with E-state index in [0.717, 1.165) is 55.0 Å². The third kappa shape index (κ3) is 4.23. The molecule has 0 unspecified atom stereocenters. The molecule has 34 heavy (non-hydrogen) atoms. The molecule has 182 valence electrons. The van der Waals surface area contributed by atoms with Crippen LogP contribution >= 0.6 is 0 Å². The van der Waals surface area contributed by atoms with E-state index in [1.165, 1.54) is 51.9 Å². The lowest BCUT2D eigenvalue weighted by Gasteiger charge is -2.50. The first kappa shape index (κ1) is 22.1. The van der Waals surface area contributed by atoms with Crippen LogP contribution in [-0.4, -0.2) is 108 Å². The first-order valence-corrected chi connectivity index (χ1v) is 13.0. The zero-order valence-corrected chi connectivity index (χ0v) is 20.2. The Morgan fingerprint density at radius 1 is 0.853 bits per heavy atom. The van der Waals surface area contributed by atoms with Gasteiger partial charge >= 0.3 is 0 Å². The van der Waals surface area contributed by atoms with Crippen LogP contribution in [0.3, 0.4) is 0 Å². The number of para-hydroxylation sites is 1. The fraction of sp³-hybridized carbons (Fsp3) is 0.615. The number of likely N-dealkylation sites (tertiary alicyclic amines) is 2. The Balaban J connectivity index is 1.10. The summed E-state index contributed by atoms with van der Waals surface area (Å²) >= 11 is 0. The van der Waals surface area contributed by atoms with Crippen LogP contribution in [0.2, 0.25) is 0 Å². The molecule has 0 saturated carbocycles. The van der Waals surface area contributed by atoms with Gasteiger partial charge in [-0.2, -0.15) is 0 Å². The zero-order chi connectivity index (χ0) is 23.1. The van der Waals surface area contributed by atoms with Gasteiger partial charge in [-0.1, -0.05) is 12.1 Å². The molecule has 8 heteroatoms. The number of anilines is 2. The lowest BCUT2D eigenvalue weighted by atomic mass is 9.96. The average molecular weight is 464 g/mol. The molecule has 0 bridgehead atoms. The van der Waals surface area contributed by atoms with Crippen LogP contribution in [-0.2, 0) is 0 Å². The van der Waals surface area contributed by atoms with E-state index in [1.807, 2.05) is 18.2 Å². The van der Waals surface area contributed by atoms with Gasteiger partial charge in [0.2, 0.25) is 0 Å². The van der Waals surface area contributed by atoms with E-state index in [-0.39, 0.29) is 5.75 Å². The highest BCUT2D eigenvalue weighted by atomic mass is 16.3. The van der Waals surface area contributed by atoms with Gasteiger partial charge in [0, 0.05) is 43.8 Å². The van der Waals surface area contributed by atoms with Crippen molar-refractivity contribution in [3.8, 4) is 17.0 Å². The van der Waals surface area contributed by atoms with Crippen LogP contribution < -0.4 is 10.2 Å². The highest BCUT2D eigenvalue weighted by Crippen LogP contribution is 2.36. The SMILES string of the molecule is CN1CCC(N2CCC(N3CCN4c5cc(-c6ccccc6O)nnc5NC[C@H]4C3)CC2)CC1. The van der Waals surface area contributed by atoms with Gasteiger partial charge in [0.15, 0.2) is 5.82 Å². The summed E-state index contributed by atoms with van der Waals surface area (Å²) in [6, 6.07) is 11.4. The summed E-state index contributed by atoms with van der Waals surface area (Å²) < 4.78 is 0. The van der Waals surface area contributed by atoms with Gasteiger partial charge in [0.25, 0.3) is 0 Å². The number of piperazine rings is 1. The topological polar surface area (TPSA) is 71.0 Å². The number of nitrogens with zero attached hydrogens (tertiary/aromatic N) is 6. The predicted molar refractivity (Wildman–Crippen MR) is 135 cm³/mol. The van der Waals surface area contributed by atoms with Crippen molar-refractivity contribution in [1.29, 1.82) is 0 Å². The summed E-state index contributed by atoms with van der Waals surface area (Å²) in [6.45, 7) is 9.12. The summed E-state index contributed by atoms with van der Waals surface area (Å²) in [5.41, 5.74) is 2.57. The molecule has 3 saturated heterocycles. The van der Waals surface area contributed by atoms with Crippen molar-refractivity contribution in [3.05, 3.63) is 30.3 Å². The maximum atomic E-state index is 10.3. The second kappa shape index (κ2) is 9.32. The van der Waals surface area contributed by atoms with E-state index < -0.39 is 0 Å². The lowest BCUT2D eigenvalue weighted by Crippen LogP contribution is -2.61. The number of piperidine rings is 2. The molecule has 4 aliphatic rings.